The van der Waals surface area contributed by atoms with E-state index in [0.29, 0.717) is 29.4 Å². The van der Waals surface area contributed by atoms with Crippen molar-refractivity contribution in [3.8, 4) is 5.75 Å². The topological polar surface area (TPSA) is 90.6 Å². The molecule has 3 N–H and O–H groups in total. The fourth-order valence-electron chi connectivity index (χ4n) is 3.33. The van der Waals surface area contributed by atoms with Gasteiger partial charge in [-0.25, -0.2) is 0 Å². The second-order valence-electron chi connectivity index (χ2n) is 6.65. The fraction of sp³-hybridized carbons (Fsp3) is 0.182. The number of fused-ring (bicyclic) bond motifs is 1. The third-order valence-corrected chi connectivity index (χ3v) is 4.84. The van der Waals surface area contributed by atoms with Gasteiger partial charge in [-0.2, -0.15) is 0 Å². The zero-order chi connectivity index (χ0) is 20.2. The van der Waals surface area contributed by atoms with Gasteiger partial charge in [-0.3, -0.25) is 15.1 Å². The second kappa shape index (κ2) is 8.10. The number of anilines is 2. The number of rotatable bonds is 6. The summed E-state index contributed by atoms with van der Waals surface area (Å²) >= 11 is 0. The van der Waals surface area contributed by atoms with Crippen LogP contribution in [0.5, 0.6) is 5.75 Å². The maximum absolute atomic E-state index is 13.0. The van der Waals surface area contributed by atoms with Gasteiger partial charge in [-0.1, -0.05) is 30.3 Å². The van der Waals surface area contributed by atoms with Crippen molar-refractivity contribution in [3.05, 3.63) is 78.1 Å². The third kappa shape index (κ3) is 3.80. The van der Waals surface area contributed by atoms with Crippen LogP contribution in [0.4, 0.5) is 11.6 Å². The molecule has 1 amide bonds. The van der Waals surface area contributed by atoms with Gasteiger partial charge in [0.1, 0.15) is 11.6 Å². The van der Waals surface area contributed by atoms with E-state index in [1.165, 1.54) is 6.26 Å². The van der Waals surface area contributed by atoms with Crippen LogP contribution in [0, 0.1) is 5.41 Å². The van der Waals surface area contributed by atoms with Crippen LogP contribution < -0.4 is 20.3 Å². The summed E-state index contributed by atoms with van der Waals surface area (Å²) in [6.07, 6.45) is 1.43. The van der Waals surface area contributed by atoms with Crippen molar-refractivity contribution in [1.82, 2.24) is 5.32 Å². The molecule has 0 radical (unpaired) electrons. The van der Waals surface area contributed by atoms with E-state index < -0.39 is 6.17 Å². The molecule has 4 rings (SSSR count). The molecule has 7 heteroatoms. The highest BCUT2D eigenvalue weighted by Gasteiger charge is 2.36. The highest BCUT2D eigenvalue weighted by molar-refractivity contribution is 6.16. The van der Waals surface area contributed by atoms with E-state index in [2.05, 4.69) is 10.6 Å². The first-order valence-electron chi connectivity index (χ1n) is 9.35. The number of nitrogens with zero attached hydrogens (tertiary/aromatic N) is 1. The van der Waals surface area contributed by atoms with Crippen LogP contribution in [0.25, 0.3) is 0 Å². The molecule has 0 spiro atoms. The average molecular weight is 390 g/mol. The Labute approximate surface area is 168 Å². The molecule has 0 aliphatic carbocycles. The van der Waals surface area contributed by atoms with Crippen molar-refractivity contribution in [3.63, 3.8) is 0 Å². The number of carbonyl (C=O) groups is 1. The lowest BCUT2D eigenvalue weighted by Crippen LogP contribution is -2.56. The van der Waals surface area contributed by atoms with E-state index >= 15 is 0 Å². The number of carbonyl (C=O) groups excluding carboxylic acids is 1. The van der Waals surface area contributed by atoms with E-state index in [-0.39, 0.29) is 11.7 Å². The zero-order valence-electron chi connectivity index (χ0n) is 16.0. The Kier molecular flexibility index (Phi) is 5.20. The molecule has 0 bridgehead atoms. The molecule has 7 nitrogen and oxygen atoms in total. The number of furan rings is 1. The Morgan fingerprint density at radius 2 is 1.93 bits per heavy atom. The minimum Gasteiger partial charge on any atom is -0.497 e. The average Bonchev–Trinajstić information content (AvgIpc) is 3.24. The smallest absolute Gasteiger partial charge is 0.263 e. The van der Waals surface area contributed by atoms with Crippen LogP contribution in [0.15, 0.2) is 71.3 Å². The van der Waals surface area contributed by atoms with Crippen LogP contribution in [-0.4, -0.2) is 31.6 Å². The molecule has 0 saturated carbocycles. The first kappa shape index (κ1) is 18.6. The summed E-state index contributed by atoms with van der Waals surface area (Å²) in [5.41, 5.74) is 2.46. The number of hydrogen-bond acceptors (Lipinski definition) is 5. The van der Waals surface area contributed by atoms with E-state index in [1.54, 1.807) is 30.2 Å². The molecule has 2 heterocycles. The van der Waals surface area contributed by atoms with Crippen LogP contribution in [0.3, 0.4) is 0 Å². The van der Waals surface area contributed by atoms with Gasteiger partial charge in [-0.05, 0) is 42.3 Å². The maximum atomic E-state index is 13.0. The van der Waals surface area contributed by atoms with Gasteiger partial charge >= 0.3 is 0 Å². The Bertz CT molecular complexity index is 998. The summed E-state index contributed by atoms with van der Waals surface area (Å²) in [5, 5.41) is 14.7. The first-order valence-corrected chi connectivity index (χ1v) is 9.35. The van der Waals surface area contributed by atoms with Gasteiger partial charge in [0.05, 0.1) is 18.9 Å². The molecule has 1 aliphatic heterocycles. The van der Waals surface area contributed by atoms with Gasteiger partial charge in [0, 0.05) is 12.2 Å². The van der Waals surface area contributed by atoms with Crippen molar-refractivity contribution in [2.45, 2.75) is 12.6 Å². The van der Waals surface area contributed by atoms with Crippen molar-refractivity contribution in [2.75, 3.05) is 23.9 Å². The van der Waals surface area contributed by atoms with E-state index in [9.17, 15) is 4.79 Å². The Morgan fingerprint density at radius 1 is 1.17 bits per heavy atom. The number of benzene rings is 2. The molecular formula is C22H22N4O3. The predicted molar refractivity (Wildman–Crippen MR) is 112 cm³/mol. The van der Waals surface area contributed by atoms with Crippen molar-refractivity contribution < 1.29 is 13.9 Å². The number of amidine groups is 1. The van der Waals surface area contributed by atoms with Crippen molar-refractivity contribution in [1.29, 1.82) is 5.41 Å². The molecule has 1 aliphatic rings. The Balaban J connectivity index is 1.54. The second-order valence-corrected chi connectivity index (χ2v) is 6.65. The molecule has 1 unspecified atom stereocenters. The minimum absolute atomic E-state index is 0.195. The van der Waals surface area contributed by atoms with E-state index in [1.807, 2.05) is 42.5 Å². The molecule has 2 aromatic carbocycles. The summed E-state index contributed by atoms with van der Waals surface area (Å²) in [5.74, 6) is 1.09. The lowest BCUT2D eigenvalue weighted by Gasteiger charge is -2.36. The standard InChI is InChI=1S/C22H22N4O3/c1-28-17-9-7-16(8-10-17)26-19(23)18-12-14-29-22(18)25-20(26)21(27)24-13-11-15-5-3-2-4-6-15/h2-10,12,14,20,23,25H,11,13H2,1H3,(H,24,27). The summed E-state index contributed by atoms with van der Waals surface area (Å²) in [6.45, 7) is 0.496. The SMILES string of the molecule is COc1ccc(N2C(=N)c3ccoc3NC2C(=O)NCCc2ccccc2)cc1. The molecule has 3 aromatic rings. The number of methoxy groups -OCH3 is 1. The molecule has 0 fully saturated rings. The number of hydrogen-bond donors (Lipinski definition) is 3. The van der Waals surface area contributed by atoms with Gasteiger partial charge in [0.2, 0.25) is 5.88 Å². The molecule has 1 aromatic heterocycles. The monoisotopic (exact) mass is 390 g/mol. The summed E-state index contributed by atoms with van der Waals surface area (Å²) in [7, 11) is 1.60. The quantitative estimate of drug-likeness (QED) is 0.601. The Morgan fingerprint density at radius 3 is 2.66 bits per heavy atom. The van der Waals surface area contributed by atoms with Gasteiger partial charge in [-0.15, -0.1) is 0 Å². The number of nitrogens with one attached hydrogen (secondary N) is 3. The highest BCUT2D eigenvalue weighted by Crippen LogP contribution is 2.31. The summed E-state index contributed by atoms with van der Waals surface area (Å²) in [4.78, 5) is 14.6. The van der Waals surface area contributed by atoms with E-state index in [0.717, 1.165) is 12.0 Å². The predicted octanol–water partition coefficient (Wildman–Crippen LogP) is 3.23. The van der Waals surface area contributed by atoms with Crippen LogP contribution in [0.2, 0.25) is 0 Å². The largest absolute Gasteiger partial charge is 0.497 e. The molecule has 1 atom stereocenters. The Hall–Kier alpha value is -3.74. The molecule has 0 saturated heterocycles. The third-order valence-electron chi connectivity index (χ3n) is 4.84. The van der Waals surface area contributed by atoms with E-state index in [4.69, 9.17) is 14.6 Å². The molecule has 29 heavy (non-hydrogen) atoms. The lowest BCUT2D eigenvalue weighted by atomic mass is 10.1. The molecular weight excluding hydrogens is 368 g/mol. The highest BCUT2D eigenvalue weighted by atomic mass is 16.5. The summed E-state index contributed by atoms with van der Waals surface area (Å²) < 4.78 is 10.6. The summed E-state index contributed by atoms with van der Waals surface area (Å²) in [6, 6.07) is 18.9. The van der Waals surface area contributed by atoms with Gasteiger partial charge in [0.15, 0.2) is 6.17 Å². The van der Waals surface area contributed by atoms with Crippen LogP contribution >= 0.6 is 0 Å². The normalized spacial score (nSPS) is 15.4. The van der Waals surface area contributed by atoms with Crippen molar-refractivity contribution >= 4 is 23.3 Å². The maximum Gasteiger partial charge on any atom is 0.263 e. The number of ether oxygens (including phenoxy) is 1. The van der Waals surface area contributed by atoms with Gasteiger partial charge in [0.25, 0.3) is 5.91 Å². The molecule has 148 valence electrons. The lowest BCUT2D eigenvalue weighted by molar-refractivity contribution is -0.121. The van der Waals surface area contributed by atoms with Gasteiger partial charge < -0.3 is 19.8 Å². The first-order chi connectivity index (χ1) is 14.2. The van der Waals surface area contributed by atoms with Crippen LogP contribution in [-0.2, 0) is 11.2 Å². The van der Waals surface area contributed by atoms with Crippen LogP contribution in [0.1, 0.15) is 11.1 Å². The minimum atomic E-state index is -0.801. The zero-order valence-corrected chi connectivity index (χ0v) is 16.0. The number of amides is 1. The van der Waals surface area contributed by atoms with Crippen molar-refractivity contribution in [2.24, 2.45) is 0 Å². The fourth-order valence-corrected chi connectivity index (χ4v) is 3.33.